The molecule has 0 bridgehead atoms. The van der Waals surface area contributed by atoms with Gasteiger partial charge in [0.15, 0.2) is 0 Å². The summed E-state index contributed by atoms with van der Waals surface area (Å²) in [5, 5.41) is 17.4. The molecule has 0 aliphatic heterocycles. The molecule has 0 rings (SSSR count). The van der Waals surface area contributed by atoms with Crippen molar-refractivity contribution in [1.29, 1.82) is 0 Å². The molecule has 29 heavy (non-hydrogen) atoms. The summed E-state index contributed by atoms with van der Waals surface area (Å²) >= 11 is 0. The molecule has 0 saturated carbocycles. The Balaban J connectivity index is 2.97. The largest absolute Gasteiger partial charge is 0.396 e. The molecule has 0 atom stereocenters. The van der Waals surface area contributed by atoms with Crippen LogP contribution in [0.3, 0.4) is 0 Å². The van der Waals surface area contributed by atoms with Crippen LogP contribution in [0.15, 0.2) is 0 Å². The van der Waals surface area contributed by atoms with Crippen LogP contribution in [0.2, 0.25) is 0 Å². The van der Waals surface area contributed by atoms with Gasteiger partial charge in [-0.3, -0.25) is 0 Å². The lowest BCUT2D eigenvalue weighted by atomic mass is 10.1. The molecule has 4 heteroatoms. The number of hydrogen-bond acceptors (Lipinski definition) is 4. The molecule has 0 aromatic rings. The third kappa shape index (κ3) is 27.8. The number of rotatable bonds is 26. The van der Waals surface area contributed by atoms with E-state index in [1.165, 1.54) is 96.3 Å². The third-order valence-electron chi connectivity index (χ3n) is 5.47. The van der Waals surface area contributed by atoms with E-state index in [1.807, 2.05) is 0 Å². The van der Waals surface area contributed by atoms with Gasteiger partial charge in [-0.05, 0) is 44.9 Å². The van der Waals surface area contributed by atoms with Crippen molar-refractivity contribution in [2.75, 3.05) is 39.6 Å². The minimum atomic E-state index is 0.307. The van der Waals surface area contributed by atoms with Gasteiger partial charge in [0.05, 0.1) is 0 Å². The van der Waals surface area contributed by atoms with Crippen LogP contribution in [0.5, 0.6) is 0 Å². The zero-order valence-corrected chi connectivity index (χ0v) is 19.4. The number of aliphatic hydroxyl groups excluding tert-OH is 2. The molecular weight excluding hydrogens is 364 g/mol. The molecule has 0 spiro atoms. The van der Waals surface area contributed by atoms with Crippen molar-refractivity contribution >= 4 is 0 Å². The highest BCUT2D eigenvalue weighted by Crippen LogP contribution is 2.10. The van der Waals surface area contributed by atoms with Crippen LogP contribution in [-0.4, -0.2) is 49.9 Å². The molecule has 0 heterocycles. The topological polar surface area (TPSA) is 58.9 Å². The van der Waals surface area contributed by atoms with E-state index in [1.54, 1.807) is 0 Å². The molecule has 2 N–H and O–H groups in total. The predicted octanol–water partition coefficient (Wildman–Crippen LogP) is 6.42. The molecule has 0 fully saturated rings. The summed E-state index contributed by atoms with van der Waals surface area (Å²) in [6, 6.07) is 0. The number of hydrogen-bond donors (Lipinski definition) is 2. The Bertz CT molecular complexity index is 248. The molecule has 0 aliphatic carbocycles. The Morgan fingerprint density at radius 3 is 0.759 bits per heavy atom. The van der Waals surface area contributed by atoms with E-state index in [2.05, 4.69) is 0 Å². The summed E-state index contributed by atoms with van der Waals surface area (Å²) in [6.07, 6.45) is 23.4. The lowest BCUT2D eigenvalue weighted by molar-refractivity contribution is 0.124. The van der Waals surface area contributed by atoms with E-state index in [0.29, 0.717) is 13.2 Å². The minimum absolute atomic E-state index is 0.307. The van der Waals surface area contributed by atoms with Crippen molar-refractivity contribution in [2.45, 2.75) is 122 Å². The van der Waals surface area contributed by atoms with Gasteiger partial charge in [-0.2, -0.15) is 0 Å². The summed E-state index contributed by atoms with van der Waals surface area (Å²) in [4.78, 5) is 0. The Kier molecular flexibility index (Phi) is 27.7. The van der Waals surface area contributed by atoms with Crippen molar-refractivity contribution in [3.63, 3.8) is 0 Å². The van der Waals surface area contributed by atoms with E-state index in [-0.39, 0.29) is 0 Å². The van der Waals surface area contributed by atoms with Crippen LogP contribution >= 0.6 is 0 Å². The lowest BCUT2D eigenvalue weighted by Gasteiger charge is -2.06. The van der Waals surface area contributed by atoms with Gasteiger partial charge in [0.2, 0.25) is 0 Å². The average molecular weight is 417 g/mol. The molecule has 0 aliphatic rings. The second-order valence-electron chi connectivity index (χ2n) is 8.39. The molecule has 4 nitrogen and oxygen atoms in total. The van der Waals surface area contributed by atoms with Gasteiger partial charge in [-0.1, -0.05) is 77.0 Å². The number of unbranched alkanes of at least 4 members (excludes halogenated alkanes) is 16. The highest BCUT2D eigenvalue weighted by molar-refractivity contribution is 4.49. The second kappa shape index (κ2) is 27.8. The standard InChI is InChI=1S/C25H52O4/c26-20-14-9-5-1-2-6-10-16-22-28-23-17-11-7-3-4-8-12-18-24-29-25-19-13-15-21-27/h26-27H,1-25H2. The van der Waals surface area contributed by atoms with Crippen LogP contribution in [0.1, 0.15) is 122 Å². The average Bonchev–Trinajstić information content (AvgIpc) is 2.74. The van der Waals surface area contributed by atoms with Gasteiger partial charge in [0.25, 0.3) is 0 Å². The normalized spacial score (nSPS) is 11.4. The molecular formula is C25H52O4. The maximum absolute atomic E-state index is 8.73. The van der Waals surface area contributed by atoms with Gasteiger partial charge < -0.3 is 19.7 Å². The maximum Gasteiger partial charge on any atom is 0.0466 e. The van der Waals surface area contributed by atoms with E-state index in [9.17, 15) is 0 Å². The van der Waals surface area contributed by atoms with Gasteiger partial charge in [-0.15, -0.1) is 0 Å². The first-order valence-electron chi connectivity index (χ1n) is 12.8. The van der Waals surface area contributed by atoms with Crippen LogP contribution < -0.4 is 0 Å². The van der Waals surface area contributed by atoms with Crippen LogP contribution in [-0.2, 0) is 9.47 Å². The molecule has 176 valence electrons. The first-order chi connectivity index (χ1) is 14.4. The molecule has 0 amide bonds. The Morgan fingerprint density at radius 1 is 0.276 bits per heavy atom. The summed E-state index contributed by atoms with van der Waals surface area (Å²) in [5.74, 6) is 0. The molecule has 0 unspecified atom stereocenters. The summed E-state index contributed by atoms with van der Waals surface area (Å²) in [7, 11) is 0. The number of aliphatic hydroxyl groups is 2. The zero-order valence-electron chi connectivity index (χ0n) is 19.4. The predicted molar refractivity (Wildman–Crippen MR) is 124 cm³/mol. The summed E-state index contributed by atoms with van der Waals surface area (Å²) < 4.78 is 11.4. The first-order valence-corrected chi connectivity index (χ1v) is 12.8. The summed E-state index contributed by atoms with van der Waals surface area (Å²) in [6.45, 7) is 4.29. The Hall–Kier alpha value is -0.160. The van der Waals surface area contributed by atoms with E-state index >= 15 is 0 Å². The molecule has 0 radical (unpaired) electrons. The van der Waals surface area contributed by atoms with Gasteiger partial charge in [-0.25, -0.2) is 0 Å². The van der Waals surface area contributed by atoms with Gasteiger partial charge in [0, 0.05) is 39.6 Å². The smallest absolute Gasteiger partial charge is 0.0466 e. The SMILES string of the molecule is OCCCCCCCCCCOCCCCCCCCCCOCCCCCO. The highest BCUT2D eigenvalue weighted by Gasteiger charge is 1.96. The van der Waals surface area contributed by atoms with Crippen LogP contribution in [0.4, 0.5) is 0 Å². The maximum atomic E-state index is 8.73. The zero-order chi connectivity index (χ0) is 21.1. The first kappa shape index (κ1) is 28.8. The minimum Gasteiger partial charge on any atom is -0.396 e. The van der Waals surface area contributed by atoms with Crippen molar-refractivity contribution < 1.29 is 19.7 Å². The van der Waals surface area contributed by atoms with E-state index < -0.39 is 0 Å². The number of ether oxygens (including phenoxy) is 2. The highest BCUT2D eigenvalue weighted by atomic mass is 16.5. The second-order valence-corrected chi connectivity index (χ2v) is 8.39. The van der Waals surface area contributed by atoms with Crippen molar-refractivity contribution in [3.8, 4) is 0 Å². The monoisotopic (exact) mass is 416 g/mol. The van der Waals surface area contributed by atoms with E-state index in [0.717, 1.165) is 52.1 Å². The summed E-state index contributed by atoms with van der Waals surface area (Å²) in [5.41, 5.74) is 0. The third-order valence-corrected chi connectivity index (χ3v) is 5.47. The van der Waals surface area contributed by atoms with Crippen LogP contribution in [0, 0.1) is 0 Å². The van der Waals surface area contributed by atoms with Crippen molar-refractivity contribution in [3.05, 3.63) is 0 Å². The van der Waals surface area contributed by atoms with Crippen LogP contribution in [0.25, 0.3) is 0 Å². The van der Waals surface area contributed by atoms with Gasteiger partial charge in [0.1, 0.15) is 0 Å². The fourth-order valence-electron chi connectivity index (χ4n) is 3.54. The Labute approximate surface area is 181 Å². The lowest BCUT2D eigenvalue weighted by Crippen LogP contribution is -1.98. The van der Waals surface area contributed by atoms with E-state index in [4.69, 9.17) is 19.7 Å². The van der Waals surface area contributed by atoms with Crippen molar-refractivity contribution in [2.24, 2.45) is 0 Å². The molecule has 0 aromatic heterocycles. The fourth-order valence-corrected chi connectivity index (χ4v) is 3.54. The molecule has 0 saturated heterocycles. The molecule has 0 aromatic carbocycles. The fraction of sp³-hybridized carbons (Fsp3) is 1.00. The van der Waals surface area contributed by atoms with Gasteiger partial charge >= 0.3 is 0 Å². The quantitative estimate of drug-likeness (QED) is 0.160. The Morgan fingerprint density at radius 2 is 0.483 bits per heavy atom. The van der Waals surface area contributed by atoms with Crippen molar-refractivity contribution in [1.82, 2.24) is 0 Å².